The van der Waals surface area contributed by atoms with Crippen molar-refractivity contribution < 1.29 is 58.7 Å². The van der Waals surface area contributed by atoms with E-state index in [2.05, 4.69) is 0 Å². The zero-order chi connectivity index (χ0) is 30.5. The Balaban J connectivity index is 1.97. The third-order valence-corrected chi connectivity index (χ3v) is 8.33. The van der Waals surface area contributed by atoms with Crippen molar-refractivity contribution >= 4 is 11.6 Å². The normalized spacial score (nSPS) is 24.5. The zero-order valence-electron chi connectivity index (χ0n) is 23.8. The van der Waals surface area contributed by atoms with Crippen molar-refractivity contribution in [2.45, 2.75) is 50.1 Å². The molecule has 2 spiro atoms. The minimum atomic E-state index is -1.94. The first-order valence-corrected chi connectivity index (χ1v) is 13.2. The van der Waals surface area contributed by atoms with E-state index in [-0.39, 0.29) is 80.4 Å². The number of hydrogen-bond donors (Lipinski definition) is 4. The molecular weight excluding hydrogens is 552 g/mol. The van der Waals surface area contributed by atoms with Gasteiger partial charge in [-0.3, -0.25) is 9.59 Å². The second-order valence-corrected chi connectivity index (χ2v) is 10.8. The minimum absolute atomic E-state index is 0.0423. The Morgan fingerprint density at radius 1 is 0.810 bits per heavy atom. The van der Waals surface area contributed by atoms with Crippen molar-refractivity contribution in [2.24, 2.45) is 0 Å². The van der Waals surface area contributed by atoms with Crippen LogP contribution in [0.15, 0.2) is 29.2 Å². The maximum atomic E-state index is 14.0. The number of aliphatic hydroxyl groups is 2. The van der Waals surface area contributed by atoms with Gasteiger partial charge in [0.05, 0.1) is 51.8 Å². The molecule has 2 bridgehead atoms. The SMILES string of the molecule is COC1=CC(=O)c2c(O)c(OC)c(CC(C)O)c3c2C12OOC31C(CC(C)O)=C(OC)C(=O)c3c(O)cc(OC)c2c31. The lowest BCUT2D eigenvalue weighted by atomic mass is 9.56. The summed E-state index contributed by atoms with van der Waals surface area (Å²) in [4.78, 5) is 40.3. The largest absolute Gasteiger partial charge is 0.507 e. The van der Waals surface area contributed by atoms with E-state index in [4.69, 9.17) is 28.7 Å². The molecule has 0 aromatic heterocycles. The maximum Gasteiger partial charge on any atom is 0.231 e. The van der Waals surface area contributed by atoms with Crippen LogP contribution in [-0.4, -0.2) is 72.6 Å². The molecule has 5 aliphatic rings. The maximum absolute atomic E-state index is 14.0. The van der Waals surface area contributed by atoms with Crippen LogP contribution in [0.25, 0.3) is 0 Å². The molecule has 0 saturated heterocycles. The predicted molar refractivity (Wildman–Crippen MR) is 143 cm³/mol. The summed E-state index contributed by atoms with van der Waals surface area (Å²) in [5.74, 6) is -2.52. The van der Waals surface area contributed by atoms with Gasteiger partial charge in [0, 0.05) is 58.4 Å². The van der Waals surface area contributed by atoms with E-state index in [0.29, 0.717) is 0 Å². The Morgan fingerprint density at radius 3 is 2.02 bits per heavy atom. The highest BCUT2D eigenvalue weighted by Gasteiger charge is 2.71. The van der Waals surface area contributed by atoms with Gasteiger partial charge < -0.3 is 39.4 Å². The molecule has 2 aromatic rings. The molecule has 2 aromatic carbocycles. The summed E-state index contributed by atoms with van der Waals surface area (Å²) in [5.41, 5.74) is -3.16. The molecule has 0 saturated carbocycles. The fraction of sp³-hybridized carbons (Fsp3) is 0.400. The average molecular weight is 583 g/mol. The van der Waals surface area contributed by atoms with Crippen molar-refractivity contribution in [1.82, 2.24) is 0 Å². The number of rotatable bonds is 8. The first-order valence-electron chi connectivity index (χ1n) is 13.2. The van der Waals surface area contributed by atoms with E-state index in [0.717, 1.165) is 6.08 Å². The predicted octanol–water partition coefficient (Wildman–Crippen LogP) is 2.40. The van der Waals surface area contributed by atoms with Crippen molar-refractivity contribution in [1.29, 1.82) is 0 Å². The summed E-state index contributed by atoms with van der Waals surface area (Å²) in [6.45, 7) is 3.04. The Labute approximate surface area is 240 Å². The highest BCUT2D eigenvalue weighted by atomic mass is 17.2. The fourth-order valence-corrected chi connectivity index (χ4v) is 7.03. The lowest BCUT2D eigenvalue weighted by Gasteiger charge is -2.57. The Bertz CT molecular complexity index is 1650. The summed E-state index contributed by atoms with van der Waals surface area (Å²) >= 11 is 0. The highest BCUT2D eigenvalue weighted by molar-refractivity contribution is 6.16. The average Bonchev–Trinajstić information content (AvgIpc) is 2.94. The van der Waals surface area contributed by atoms with E-state index < -0.39 is 46.5 Å². The topological polar surface area (TPSA) is 170 Å². The van der Waals surface area contributed by atoms with Crippen LogP contribution in [-0.2, 0) is 36.9 Å². The summed E-state index contributed by atoms with van der Waals surface area (Å²) in [5, 5.41) is 44.1. The van der Waals surface area contributed by atoms with Gasteiger partial charge in [-0.25, -0.2) is 9.78 Å². The van der Waals surface area contributed by atoms with Crippen LogP contribution in [0.5, 0.6) is 23.0 Å². The number of Topliss-reactive ketones (excluding diaryl/α,β-unsaturated/α-hetero) is 1. The number of ether oxygens (including phenoxy) is 4. The molecule has 2 aliphatic heterocycles. The van der Waals surface area contributed by atoms with E-state index in [1.54, 1.807) is 0 Å². The first-order chi connectivity index (χ1) is 20.0. The number of allylic oxidation sites excluding steroid dienone is 2. The number of phenols is 2. The fourth-order valence-electron chi connectivity index (χ4n) is 7.03. The van der Waals surface area contributed by atoms with Crippen LogP contribution in [0.4, 0.5) is 0 Å². The minimum Gasteiger partial charge on any atom is -0.507 e. The standard InChI is InChI=1S/C30H30O12/c1-11(31)7-13-21-23-20(25(35)27(13)39-5)16(34)10-18(38-4)30(23)22-17(37-3)9-15(33)19-24(22)29(21,41-42-30)14(8-12(2)32)28(40-6)26(19)36/h9-12,31-33,35H,7-8H2,1-6H3. The van der Waals surface area contributed by atoms with Gasteiger partial charge in [0.2, 0.25) is 11.4 Å². The van der Waals surface area contributed by atoms with Crippen LogP contribution in [0, 0.1) is 0 Å². The number of ketones is 2. The van der Waals surface area contributed by atoms with Crippen molar-refractivity contribution in [3.63, 3.8) is 0 Å². The van der Waals surface area contributed by atoms with Gasteiger partial charge in [-0.1, -0.05) is 0 Å². The van der Waals surface area contributed by atoms with Crippen LogP contribution in [0.3, 0.4) is 0 Å². The molecule has 4 N–H and O–H groups in total. The molecule has 7 rings (SSSR count). The van der Waals surface area contributed by atoms with Crippen molar-refractivity contribution in [3.8, 4) is 23.0 Å². The Kier molecular flexibility index (Phi) is 6.14. The lowest BCUT2D eigenvalue weighted by molar-refractivity contribution is -0.417. The molecule has 4 unspecified atom stereocenters. The van der Waals surface area contributed by atoms with Gasteiger partial charge in [-0.05, 0) is 13.8 Å². The number of carbonyl (C=O) groups is 2. The summed E-state index contributed by atoms with van der Waals surface area (Å²) in [6, 6.07) is 1.24. The molecule has 222 valence electrons. The second kappa shape index (κ2) is 9.20. The van der Waals surface area contributed by atoms with Crippen LogP contribution in [0.2, 0.25) is 0 Å². The van der Waals surface area contributed by atoms with Crippen LogP contribution in [0.1, 0.15) is 68.8 Å². The number of aliphatic hydroxyl groups excluding tert-OH is 2. The molecule has 0 amide bonds. The van der Waals surface area contributed by atoms with E-state index in [9.17, 15) is 30.0 Å². The smallest absolute Gasteiger partial charge is 0.231 e. The number of carbonyl (C=O) groups excluding carboxylic acids is 2. The van der Waals surface area contributed by atoms with Crippen molar-refractivity contribution in [2.75, 3.05) is 28.4 Å². The van der Waals surface area contributed by atoms with Gasteiger partial charge in [0.1, 0.15) is 17.3 Å². The third kappa shape index (κ3) is 3.09. The van der Waals surface area contributed by atoms with Gasteiger partial charge in [-0.2, -0.15) is 0 Å². The van der Waals surface area contributed by atoms with Crippen molar-refractivity contribution in [3.05, 3.63) is 68.2 Å². The molecular formula is C30H30O12. The van der Waals surface area contributed by atoms with Gasteiger partial charge in [0.15, 0.2) is 28.6 Å². The molecule has 12 heteroatoms. The van der Waals surface area contributed by atoms with Gasteiger partial charge in [0.25, 0.3) is 0 Å². The van der Waals surface area contributed by atoms with E-state index in [1.807, 2.05) is 0 Å². The molecule has 3 aliphatic carbocycles. The molecule has 0 fully saturated rings. The lowest BCUT2D eigenvalue weighted by Crippen LogP contribution is -2.59. The molecule has 0 radical (unpaired) electrons. The van der Waals surface area contributed by atoms with Gasteiger partial charge >= 0.3 is 0 Å². The van der Waals surface area contributed by atoms with Crippen LogP contribution < -0.4 is 9.47 Å². The third-order valence-electron chi connectivity index (χ3n) is 8.33. The van der Waals surface area contributed by atoms with E-state index in [1.165, 1.54) is 48.4 Å². The monoisotopic (exact) mass is 582 g/mol. The molecule has 2 heterocycles. The summed E-state index contributed by atoms with van der Waals surface area (Å²) in [6.07, 6.45) is -1.14. The first kappa shape index (κ1) is 28.0. The number of aromatic hydroxyl groups is 2. The van der Waals surface area contributed by atoms with Crippen LogP contribution >= 0.6 is 0 Å². The number of methoxy groups -OCH3 is 4. The highest BCUT2D eigenvalue weighted by Crippen LogP contribution is 2.70. The second-order valence-electron chi connectivity index (χ2n) is 10.8. The number of fused-ring (bicyclic) bond motifs is 1. The Hall–Kier alpha value is -4.10. The zero-order valence-corrected chi connectivity index (χ0v) is 23.8. The Morgan fingerprint density at radius 2 is 1.45 bits per heavy atom. The summed E-state index contributed by atoms with van der Waals surface area (Å²) < 4.78 is 22.7. The quantitative estimate of drug-likeness (QED) is 0.336. The van der Waals surface area contributed by atoms with E-state index >= 15 is 0 Å². The number of phenolic OH excluding ortho intramolecular Hbond substituents is 2. The summed E-state index contributed by atoms with van der Waals surface area (Å²) in [7, 11) is 5.26. The molecule has 4 atom stereocenters. The molecule has 42 heavy (non-hydrogen) atoms. The molecule has 12 nitrogen and oxygen atoms in total. The van der Waals surface area contributed by atoms with Gasteiger partial charge in [-0.15, -0.1) is 0 Å². The number of benzene rings is 2. The number of hydrogen-bond acceptors (Lipinski definition) is 12.